The first-order chi connectivity index (χ1) is 25.2. The summed E-state index contributed by atoms with van der Waals surface area (Å²) in [5.74, 6) is 0.870. The zero-order valence-electron chi connectivity index (χ0n) is 31.2. The Labute approximate surface area is 311 Å². The zero-order valence-corrected chi connectivity index (χ0v) is 32.2. The number of carbonyl (C=O) groups is 1. The van der Waals surface area contributed by atoms with E-state index >= 15 is 0 Å². The van der Waals surface area contributed by atoms with Crippen LogP contribution in [0.15, 0.2) is 133 Å². The molecule has 1 aliphatic carbocycles. The van der Waals surface area contributed by atoms with E-state index in [0.29, 0.717) is 44.0 Å². The van der Waals surface area contributed by atoms with Gasteiger partial charge in [0.1, 0.15) is 12.2 Å². The monoisotopic (exact) mass is 718 g/mol. The van der Waals surface area contributed by atoms with Gasteiger partial charge in [-0.15, -0.1) is 0 Å². The summed E-state index contributed by atoms with van der Waals surface area (Å²) in [5.41, 5.74) is 2.17. The van der Waals surface area contributed by atoms with E-state index in [1.807, 2.05) is 36.4 Å². The van der Waals surface area contributed by atoms with Crippen LogP contribution in [-0.2, 0) is 41.4 Å². The predicted octanol–water partition coefficient (Wildman–Crippen LogP) is 7.89. The summed E-state index contributed by atoms with van der Waals surface area (Å²) >= 11 is 0. The highest BCUT2D eigenvalue weighted by Crippen LogP contribution is 2.49. The molecule has 1 unspecified atom stereocenters. The summed E-state index contributed by atoms with van der Waals surface area (Å²) < 4.78 is 32.3. The van der Waals surface area contributed by atoms with Crippen LogP contribution in [0.3, 0.4) is 0 Å². The quantitative estimate of drug-likeness (QED) is 0.0708. The molecule has 0 radical (unpaired) electrons. The van der Waals surface area contributed by atoms with Crippen molar-refractivity contribution in [3.05, 3.63) is 145 Å². The Hall–Kier alpha value is -3.85. The van der Waals surface area contributed by atoms with Crippen LogP contribution in [-0.4, -0.2) is 52.4 Å². The molecule has 1 saturated heterocycles. The second-order valence-corrected chi connectivity index (χ2v) is 19.6. The Bertz CT molecular complexity index is 1670. The first-order valence-electron chi connectivity index (χ1n) is 18.7. The molecule has 0 bridgehead atoms. The number of methoxy groups -OCH3 is 1. The molecule has 1 saturated carbocycles. The van der Waals surface area contributed by atoms with Crippen molar-refractivity contribution < 1.29 is 28.2 Å². The lowest BCUT2D eigenvalue weighted by atomic mass is 9.94. The lowest BCUT2D eigenvalue weighted by molar-refractivity contribution is -0.198. The number of rotatable bonds is 15. The minimum atomic E-state index is -2.64. The standard InChI is InChI=1S/C45H54O6Si/c1-33-39(40(33)32-50-52(45(2,3)4,37-22-14-8-15-23-37)38-24-16-9-17-25-38)26-27-41-44(49-31-35-20-12-7-13-21-35)42(28-36(51-41)29-43(46)47-5)48-30-34-18-10-6-11-19-34/h6-27,33,36,39-42,44H,28-32H2,1-5H3/b27-26-/t33-,36-,39?,40-,41-,42-,44-/m0/s1. The van der Waals surface area contributed by atoms with Gasteiger partial charge in [-0.1, -0.05) is 161 Å². The fraction of sp³-hybridized carbons (Fsp3) is 0.400. The normalized spacial score (nSPS) is 24.8. The van der Waals surface area contributed by atoms with Gasteiger partial charge in [0.25, 0.3) is 8.32 Å². The first kappa shape index (κ1) is 37.9. The van der Waals surface area contributed by atoms with Crippen LogP contribution in [0.2, 0.25) is 5.04 Å². The smallest absolute Gasteiger partial charge is 0.308 e. The van der Waals surface area contributed by atoms with Gasteiger partial charge < -0.3 is 23.4 Å². The topological polar surface area (TPSA) is 63.2 Å². The van der Waals surface area contributed by atoms with E-state index < -0.39 is 14.4 Å². The number of ether oxygens (including phenoxy) is 4. The van der Waals surface area contributed by atoms with E-state index in [1.165, 1.54) is 17.5 Å². The second-order valence-electron chi connectivity index (χ2n) is 15.3. The fourth-order valence-corrected chi connectivity index (χ4v) is 12.4. The molecule has 7 atom stereocenters. The number of esters is 1. The van der Waals surface area contributed by atoms with Crippen molar-refractivity contribution in [2.24, 2.45) is 17.8 Å². The molecule has 0 amide bonds. The minimum Gasteiger partial charge on any atom is -0.469 e. The molecular weight excluding hydrogens is 665 g/mol. The summed E-state index contributed by atoms with van der Waals surface area (Å²) in [5, 5.41) is 2.50. The number of allylic oxidation sites excluding steroid dienone is 1. The van der Waals surface area contributed by atoms with Crippen molar-refractivity contribution in [1.29, 1.82) is 0 Å². The molecule has 1 heterocycles. The van der Waals surface area contributed by atoms with Crippen LogP contribution < -0.4 is 10.4 Å². The molecule has 6 rings (SSSR count). The van der Waals surface area contributed by atoms with Crippen molar-refractivity contribution in [1.82, 2.24) is 0 Å². The second kappa shape index (κ2) is 17.3. The Kier molecular flexibility index (Phi) is 12.6. The maximum Gasteiger partial charge on any atom is 0.308 e. The number of carbonyl (C=O) groups excluding carboxylic acids is 1. The van der Waals surface area contributed by atoms with E-state index in [4.69, 9.17) is 23.4 Å². The van der Waals surface area contributed by atoms with Crippen LogP contribution in [0, 0.1) is 17.8 Å². The Morgan fingerprint density at radius 1 is 0.769 bits per heavy atom. The van der Waals surface area contributed by atoms with E-state index in [0.717, 1.165) is 11.1 Å². The third kappa shape index (κ3) is 9.01. The van der Waals surface area contributed by atoms with Gasteiger partial charge in [0, 0.05) is 13.0 Å². The highest BCUT2D eigenvalue weighted by Gasteiger charge is 2.53. The molecule has 2 aliphatic rings. The SMILES string of the molecule is COC(=O)C[C@@H]1C[C@H](OCc2ccccc2)[C@@H](OCc2ccccc2)[C@H](/C=C\C2[C@@H](CO[Si](c3ccccc3)(c3ccccc3)C(C)(C)C)[C@H]2C)O1. The molecule has 1 aliphatic heterocycles. The summed E-state index contributed by atoms with van der Waals surface area (Å²) in [7, 11) is -1.23. The Morgan fingerprint density at radius 2 is 1.29 bits per heavy atom. The van der Waals surface area contributed by atoms with Gasteiger partial charge in [0.2, 0.25) is 0 Å². The van der Waals surface area contributed by atoms with E-state index in [1.54, 1.807) is 0 Å². The predicted molar refractivity (Wildman–Crippen MR) is 209 cm³/mol. The van der Waals surface area contributed by atoms with Crippen LogP contribution in [0.4, 0.5) is 0 Å². The van der Waals surface area contributed by atoms with Gasteiger partial charge in [-0.2, -0.15) is 0 Å². The van der Waals surface area contributed by atoms with Gasteiger partial charge in [-0.25, -0.2) is 0 Å². The minimum absolute atomic E-state index is 0.0815. The van der Waals surface area contributed by atoms with E-state index in [9.17, 15) is 4.79 Å². The molecule has 274 valence electrons. The van der Waals surface area contributed by atoms with Gasteiger partial charge in [-0.05, 0) is 44.3 Å². The largest absolute Gasteiger partial charge is 0.469 e. The third-order valence-corrected chi connectivity index (χ3v) is 15.8. The van der Waals surface area contributed by atoms with Crippen LogP contribution in [0.5, 0.6) is 0 Å². The Morgan fingerprint density at radius 3 is 1.81 bits per heavy atom. The highest BCUT2D eigenvalue weighted by atomic mass is 28.4. The molecule has 52 heavy (non-hydrogen) atoms. The lowest BCUT2D eigenvalue weighted by Gasteiger charge is -2.43. The van der Waals surface area contributed by atoms with Gasteiger partial charge in [0.05, 0.1) is 39.0 Å². The highest BCUT2D eigenvalue weighted by molar-refractivity contribution is 6.99. The van der Waals surface area contributed by atoms with Gasteiger partial charge >= 0.3 is 5.97 Å². The van der Waals surface area contributed by atoms with Crippen molar-refractivity contribution in [2.75, 3.05) is 13.7 Å². The molecule has 0 spiro atoms. The molecule has 4 aromatic carbocycles. The summed E-state index contributed by atoms with van der Waals surface area (Å²) in [6.07, 6.45) is 3.73. The summed E-state index contributed by atoms with van der Waals surface area (Å²) in [4.78, 5) is 12.5. The fourth-order valence-electron chi connectivity index (χ4n) is 7.81. The molecule has 0 N–H and O–H groups in total. The Balaban J connectivity index is 1.23. The van der Waals surface area contributed by atoms with E-state index in [-0.39, 0.29) is 35.7 Å². The third-order valence-electron chi connectivity index (χ3n) is 10.8. The van der Waals surface area contributed by atoms with Gasteiger partial charge in [0.15, 0.2) is 0 Å². The number of benzene rings is 4. The molecule has 2 fully saturated rings. The van der Waals surface area contributed by atoms with Crippen LogP contribution in [0.1, 0.15) is 51.7 Å². The maximum absolute atomic E-state index is 12.5. The molecule has 4 aromatic rings. The molecule has 0 aromatic heterocycles. The first-order valence-corrected chi connectivity index (χ1v) is 20.6. The van der Waals surface area contributed by atoms with Crippen molar-refractivity contribution >= 4 is 24.7 Å². The van der Waals surface area contributed by atoms with Crippen molar-refractivity contribution in [3.63, 3.8) is 0 Å². The number of hydrogen-bond acceptors (Lipinski definition) is 6. The molecule has 6 nitrogen and oxygen atoms in total. The van der Waals surface area contributed by atoms with Gasteiger partial charge in [-0.3, -0.25) is 4.79 Å². The maximum atomic E-state index is 12.5. The lowest BCUT2D eigenvalue weighted by Crippen LogP contribution is -2.66. The molecule has 7 heteroatoms. The van der Waals surface area contributed by atoms with Crippen LogP contribution in [0.25, 0.3) is 0 Å². The average molecular weight is 719 g/mol. The summed E-state index contributed by atoms with van der Waals surface area (Å²) in [6, 6.07) is 42.0. The van der Waals surface area contributed by atoms with Crippen LogP contribution >= 0.6 is 0 Å². The van der Waals surface area contributed by atoms with Crippen molar-refractivity contribution in [2.45, 2.75) is 83.2 Å². The van der Waals surface area contributed by atoms with Crippen molar-refractivity contribution in [3.8, 4) is 0 Å². The molecular formula is C45H54O6Si. The summed E-state index contributed by atoms with van der Waals surface area (Å²) in [6.45, 7) is 10.8. The van der Waals surface area contributed by atoms with E-state index in [2.05, 4.69) is 125 Å². The zero-order chi connectivity index (χ0) is 36.6. The number of hydrogen-bond donors (Lipinski definition) is 0. The average Bonchev–Trinajstić information content (AvgIpc) is 3.80.